The summed E-state index contributed by atoms with van der Waals surface area (Å²) < 4.78 is 0. The molecular formula is C8H19NOSSi. The second-order valence-corrected chi connectivity index (χ2v) is 10.5. The number of nitrogens with one attached hydrogen (secondary N) is 1. The molecule has 0 rings (SSSR count). The van der Waals surface area contributed by atoms with E-state index in [1.165, 1.54) is 0 Å². The van der Waals surface area contributed by atoms with E-state index < -0.39 is 8.07 Å². The number of carbonyl (C=O) groups excluding carboxylic acids is 1. The Morgan fingerprint density at radius 2 is 2.00 bits per heavy atom. The standard InChI is InChI=1S/C8H19NOSSi/c1-11-6-5-8(10)9-7-12(2,3)4/h5-7H2,1-4H3,(H,9,10). The Morgan fingerprint density at radius 1 is 1.42 bits per heavy atom. The van der Waals surface area contributed by atoms with Crippen LogP contribution >= 0.6 is 11.8 Å². The fraction of sp³-hybridized carbons (Fsp3) is 0.875. The molecule has 0 aromatic carbocycles. The van der Waals surface area contributed by atoms with Gasteiger partial charge in [-0.15, -0.1) is 0 Å². The Hall–Kier alpha value is 0.0369. The van der Waals surface area contributed by atoms with E-state index in [4.69, 9.17) is 0 Å². The van der Waals surface area contributed by atoms with E-state index >= 15 is 0 Å². The van der Waals surface area contributed by atoms with Crippen LogP contribution in [0.1, 0.15) is 6.42 Å². The second-order valence-electron chi connectivity index (χ2n) is 4.08. The molecular weight excluding hydrogens is 186 g/mol. The maximum atomic E-state index is 11.1. The molecule has 0 fully saturated rings. The van der Waals surface area contributed by atoms with Crippen LogP contribution in [-0.2, 0) is 4.79 Å². The molecule has 0 aliphatic carbocycles. The van der Waals surface area contributed by atoms with Gasteiger partial charge in [-0.3, -0.25) is 4.79 Å². The van der Waals surface area contributed by atoms with E-state index in [-0.39, 0.29) is 5.91 Å². The lowest BCUT2D eigenvalue weighted by atomic mass is 10.5. The van der Waals surface area contributed by atoms with E-state index in [9.17, 15) is 4.79 Å². The predicted octanol–water partition coefficient (Wildman–Crippen LogP) is 1.73. The van der Waals surface area contributed by atoms with Gasteiger partial charge < -0.3 is 5.32 Å². The summed E-state index contributed by atoms with van der Waals surface area (Å²) >= 11 is 1.71. The van der Waals surface area contributed by atoms with Crippen molar-refractivity contribution in [1.29, 1.82) is 0 Å². The summed E-state index contributed by atoms with van der Waals surface area (Å²) in [6.07, 6.45) is 3.58. The first-order valence-electron chi connectivity index (χ1n) is 4.21. The Bertz CT molecular complexity index is 144. The zero-order valence-corrected chi connectivity index (χ0v) is 10.3. The van der Waals surface area contributed by atoms with Crippen molar-refractivity contribution >= 4 is 25.7 Å². The van der Waals surface area contributed by atoms with Gasteiger partial charge in [0, 0.05) is 18.3 Å². The van der Waals surface area contributed by atoms with Crippen LogP contribution in [0.2, 0.25) is 19.6 Å². The summed E-state index contributed by atoms with van der Waals surface area (Å²) in [4.78, 5) is 11.1. The molecule has 1 amide bonds. The van der Waals surface area contributed by atoms with E-state index in [1.54, 1.807) is 11.8 Å². The number of hydrogen-bond donors (Lipinski definition) is 1. The number of thioether (sulfide) groups is 1. The van der Waals surface area contributed by atoms with E-state index in [0.29, 0.717) is 6.42 Å². The summed E-state index contributed by atoms with van der Waals surface area (Å²) in [6, 6.07) is 0. The van der Waals surface area contributed by atoms with E-state index in [2.05, 4.69) is 25.0 Å². The largest absolute Gasteiger partial charge is 0.359 e. The first-order valence-corrected chi connectivity index (χ1v) is 9.31. The Morgan fingerprint density at radius 3 is 2.42 bits per heavy atom. The lowest BCUT2D eigenvalue weighted by molar-refractivity contribution is -0.120. The molecule has 2 nitrogen and oxygen atoms in total. The normalized spacial score (nSPS) is 11.3. The molecule has 12 heavy (non-hydrogen) atoms. The molecule has 72 valence electrons. The third-order valence-electron chi connectivity index (χ3n) is 1.35. The van der Waals surface area contributed by atoms with Gasteiger partial charge in [0.05, 0.1) is 8.07 Å². The van der Waals surface area contributed by atoms with Crippen molar-refractivity contribution in [2.75, 3.05) is 18.2 Å². The Balaban J connectivity index is 3.44. The molecule has 0 spiro atoms. The average Bonchev–Trinajstić information content (AvgIpc) is 1.95. The maximum Gasteiger partial charge on any atom is 0.220 e. The Kier molecular flexibility index (Phi) is 5.66. The summed E-state index contributed by atoms with van der Waals surface area (Å²) in [5.41, 5.74) is 0. The molecule has 0 bridgehead atoms. The van der Waals surface area contributed by atoms with E-state index in [0.717, 1.165) is 11.9 Å². The third kappa shape index (κ3) is 8.14. The van der Waals surface area contributed by atoms with Crippen LogP contribution in [0.3, 0.4) is 0 Å². The van der Waals surface area contributed by atoms with Gasteiger partial charge in [-0.25, -0.2) is 0 Å². The van der Waals surface area contributed by atoms with E-state index in [1.807, 2.05) is 6.26 Å². The van der Waals surface area contributed by atoms with Crippen LogP contribution < -0.4 is 5.32 Å². The average molecular weight is 205 g/mol. The van der Waals surface area contributed by atoms with Gasteiger partial charge in [-0.1, -0.05) is 19.6 Å². The molecule has 0 aromatic rings. The summed E-state index contributed by atoms with van der Waals surface area (Å²) in [6.45, 7) is 6.76. The zero-order valence-electron chi connectivity index (χ0n) is 8.44. The van der Waals surface area contributed by atoms with Crippen molar-refractivity contribution in [2.24, 2.45) is 0 Å². The SMILES string of the molecule is CSCCC(=O)NC[Si](C)(C)C. The minimum atomic E-state index is -1.10. The first kappa shape index (κ1) is 12.0. The molecule has 1 N–H and O–H groups in total. The van der Waals surface area contributed by atoms with Crippen molar-refractivity contribution in [1.82, 2.24) is 5.32 Å². The lowest BCUT2D eigenvalue weighted by Gasteiger charge is -2.16. The van der Waals surface area contributed by atoms with Crippen LogP contribution in [0.4, 0.5) is 0 Å². The van der Waals surface area contributed by atoms with Gasteiger partial charge >= 0.3 is 0 Å². The minimum absolute atomic E-state index is 0.201. The second kappa shape index (κ2) is 5.64. The van der Waals surface area contributed by atoms with Gasteiger partial charge in [0.15, 0.2) is 0 Å². The molecule has 0 unspecified atom stereocenters. The molecule has 0 aliphatic heterocycles. The molecule has 0 saturated heterocycles. The van der Waals surface area contributed by atoms with Crippen molar-refractivity contribution < 1.29 is 4.79 Å². The fourth-order valence-corrected chi connectivity index (χ4v) is 1.76. The van der Waals surface area contributed by atoms with Crippen LogP contribution in [0.5, 0.6) is 0 Å². The lowest BCUT2D eigenvalue weighted by Crippen LogP contribution is -2.39. The molecule has 0 aromatic heterocycles. The minimum Gasteiger partial charge on any atom is -0.359 e. The van der Waals surface area contributed by atoms with Gasteiger partial charge in [-0.05, 0) is 6.26 Å². The van der Waals surface area contributed by atoms with Gasteiger partial charge in [0.1, 0.15) is 0 Å². The third-order valence-corrected chi connectivity index (χ3v) is 3.20. The highest BCUT2D eigenvalue weighted by Gasteiger charge is 2.13. The number of carbonyl (C=O) groups is 1. The Labute approximate surface area is 80.5 Å². The molecule has 0 heterocycles. The monoisotopic (exact) mass is 205 g/mol. The van der Waals surface area contributed by atoms with Crippen LogP contribution in [0, 0.1) is 0 Å². The highest BCUT2D eigenvalue weighted by molar-refractivity contribution is 7.98. The molecule has 0 saturated carbocycles. The number of amides is 1. The van der Waals surface area contributed by atoms with Crippen molar-refractivity contribution in [3.8, 4) is 0 Å². The van der Waals surface area contributed by atoms with Crippen molar-refractivity contribution in [3.63, 3.8) is 0 Å². The highest BCUT2D eigenvalue weighted by Crippen LogP contribution is 1.98. The summed E-state index contributed by atoms with van der Waals surface area (Å²) in [5, 5.41) is 2.97. The van der Waals surface area contributed by atoms with Gasteiger partial charge in [0.25, 0.3) is 0 Å². The van der Waals surface area contributed by atoms with Crippen LogP contribution in [0.15, 0.2) is 0 Å². The number of rotatable bonds is 5. The highest BCUT2D eigenvalue weighted by atomic mass is 32.2. The van der Waals surface area contributed by atoms with Gasteiger partial charge in [0.2, 0.25) is 5.91 Å². The smallest absolute Gasteiger partial charge is 0.220 e. The molecule has 0 aliphatic rings. The van der Waals surface area contributed by atoms with Gasteiger partial charge in [-0.2, -0.15) is 11.8 Å². The molecule has 0 radical (unpaired) electrons. The summed E-state index contributed by atoms with van der Waals surface area (Å²) in [7, 11) is -1.10. The topological polar surface area (TPSA) is 29.1 Å². The molecule has 4 heteroatoms. The number of hydrogen-bond acceptors (Lipinski definition) is 2. The first-order chi connectivity index (χ1) is 5.45. The quantitative estimate of drug-likeness (QED) is 0.693. The molecule has 0 atom stereocenters. The van der Waals surface area contributed by atoms with Crippen molar-refractivity contribution in [3.05, 3.63) is 0 Å². The predicted molar refractivity (Wildman–Crippen MR) is 59.4 cm³/mol. The fourth-order valence-electron chi connectivity index (χ4n) is 0.647. The van der Waals surface area contributed by atoms with Crippen LogP contribution in [0.25, 0.3) is 0 Å². The zero-order chi connectivity index (χ0) is 9.61. The summed E-state index contributed by atoms with van der Waals surface area (Å²) in [5.74, 6) is 1.13. The van der Waals surface area contributed by atoms with Crippen LogP contribution in [-0.4, -0.2) is 32.2 Å². The van der Waals surface area contributed by atoms with Crippen molar-refractivity contribution in [2.45, 2.75) is 26.1 Å². The maximum absolute atomic E-state index is 11.1.